The molecule has 3 rings (SSSR count). The smallest absolute Gasteiger partial charge is 0.223 e. The van der Waals surface area contributed by atoms with Crippen LogP contribution >= 0.6 is 11.3 Å². The molecule has 0 spiro atoms. The van der Waals surface area contributed by atoms with Crippen molar-refractivity contribution in [2.24, 2.45) is 0 Å². The van der Waals surface area contributed by atoms with Crippen LogP contribution in [0.5, 0.6) is 0 Å². The molecule has 5 nitrogen and oxygen atoms in total. The van der Waals surface area contributed by atoms with Crippen molar-refractivity contribution in [1.29, 1.82) is 0 Å². The lowest BCUT2D eigenvalue weighted by atomic mass is 9.86. The first-order valence-corrected chi connectivity index (χ1v) is 8.45. The Morgan fingerprint density at radius 3 is 3.00 bits per heavy atom. The lowest BCUT2D eigenvalue weighted by Crippen LogP contribution is -2.43. The number of nitrogens with two attached hydrogens (primary N) is 1. The molecule has 2 aromatic rings. The summed E-state index contributed by atoms with van der Waals surface area (Å²) in [6.07, 6.45) is 4.09. The van der Waals surface area contributed by atoms with Crippen LogP contribution in [-0.2, 0) is 4.74 Å². The van der Waals surface area contributed by atoms with Gasteiger partial charge in [-0.05, 0) is 37.1 Å². The molecule has 2 aromatic heterocycles. The van der Waals surface area contributed by atoms with E-state index in [9.17, 15) is 0 Å². The van der Waals surface area contributed by atoms with E-state index in [1.807, 2.05) is 11.4 Å². The molecule has 1 atom stereocenters. The number of rotatable bonds is 4. The summed E-state index contributed by atoms with van der Waals surface area (Å²) in [5, 5.41) is 6.65. The van der Waals surface area contributed by atoms with Gasteiger partial charge in [-0.2, -0.15) is 4.98 Å². The Morgan fingerprint density at radius 2 is 2.24 bits per heavy atom. The van der Waals surface area contributed by atoms with Crippen LogP contribution in [0, 0.1) is 0 Å². The Morgan fingerprint density at radius 1 is 1.43 bits per heavy atom. The van der Waals surface area contributed by atoms with Gasteiger partial charge < -0.3 is 15.8 Å². The molecule has 1 aliphatic rings. The standard InChI is InChI=1S/C15H22N4OS/c1-3-15(4-2)9-10(5-7-20-15)17-12-11-6-8-21-13(11)19-14(16)18-12/h6,8,10H,3-5,7,9H2,1-2H3,(H3,16,17,18,19). The van der Waals surface area contributed by atoms with Crippen LogP contribution < -0.4 is 11.1 Å². The van der Waals surface area contributed by atoms with E-state index in [-0.39, 0.29) is 5.60 Å². The van der Waals surface area contributed by atoms with E-state index in [0.717, 1.165) is 48.3 Å². The molecular formula is C15H22N4OS. The second kappa shape index (κ2) is 5.77. The van der Waals surface area contributed by atoms with Crippen LogP contribution in [-0.4, -0.2) is 28.2 Å². The Labute approximate surface area is 128 Å². The molecule has 6 heteroatoms. The van der Waals surface area contributed by atoms with Crippen LogP contribution in [0.2, 0.25) is 0 Å². The number of hydrogen-bond acceptors (Lipinski definition) is 6. The summed E-state index contributed by atoms with van der Waals surface area (Å²) < 4.78 is 6.03. The maximum atomic E-state index is 6.03. The van der Waals surface area contributed by atoms with Crippen molar-refractivity contribution in [2.45, 2.75) is 51.2 Å². The first kappa shape index (κ1) is 14.5. The molecule has 1 unspecified atom stereocenters. The van der Waals surface area contributed by atoms with Gasteiger partial charge in [-0.1, -0.05) is 13.8 Å². The van der Waals surface area contributed by atoms with Crippen molar-refractivity contribution in [3.8, 4) is 0 Å². The van der Waals surface area contributed by atoms with Crippen LogP contribution in [0.3, 0.4) is 0 Å². The Balaban J connectivity index is 1.83. The second-order valence-corrected chi connectivity index (χ2v) is 6.54. The fourth-order valence-corrected chi connectivity index (χ4v) is 3.84. The summed E-state index contributed by atoms with van der Waals surface area (Å²) in [5.74, 6) is 1.18. The van der Waals surface area contributed by atoms with Crippen molar-refractivity contribution < 1.29 is 4.74 Å². The highest BCUT2D eigenvalue weighted by atomic mass is 32.1. The number of hydrogen-bond donors (Lipinski definition) is 2. The SMILES string of the molecule is CCC1(CC)CC(Nc2nc(N)nc3sccc23)CCO1. The molecule has 1 aliphatic heterocycles. The third-order valence-corrected chi connectivity index (χ3v) is 5.27. The van der Waals surface area contributed by atoms with E-state index < -0.39 is 0 Å². The molecule has 3 N–H and O–H groups in total. The molecule has 0 radical (unpaired) electrons. The van der Waals surface area contributed by atoms with E-state index in [1.54, 1.807) is 11.3 Å². The molecule has 0 aliphatic carbocycles. The predicted molar refractivity (Wildman–Crippen MR) is 87.7 cm³/mol. The summed E-state index contributed by atoms with van der Waals surface area (Å²) in [5.41, 5.74) is 5.82. The topological polar surface area (TPSA) is 73.1 Å². The van der Waals surface area contributed by atoms with Crippen molar-refractivity contribution in [3.63, 3.8) is 0 Å². The Hall–Kier alpha value is -1.40. The molecule has 0 bridgehead atoms. The zero-order valence-corrected chi connectivity index (χ0v) is 13.4. The zero-order chi connectivity index (χ0) is 14.9. The van der Waals surface area contributed by atoms with Gasteiger partial charge in [0.05, 0.1) is 11.0 Å². The van der Waals surface area contributed by atoms with E-state index in [4.69, 9.17) is 10.5 Å². The average Bonchev–Trinajstić information content (AvgIpc) is 2.95. The highest BCUT2D eigenvalue weighted by Crippen LogP contribution is 2.34. The number of nitrogens with one attached hydrogen (secondary N) is 1. The van der Waals surface area contributed by atoms with E-state index >= 15 is 0 Å². The molecule has 1 saturated heterocycles. The third kappa shape index (κ3) is 2.82. The monoisotopic (exact) mass is 306 g/mol. The van der Waals surface area contributed by atoms with Gasteiger partial charge in [0.2, 0.25) is 5.95 Å². The molecule has 1 fully saturated rings. The maximum Gasteiger partial charge on any atom is 0.223 e. The Kier molecular flexibility index (Phi) is 3.99. The van der Waals surface area contributed by atoms with Gasteiger partial charge in [0.1, 0.15) is 10.6 Å². The van der Waals surface area contributed by atoms with Gasteiger partial charge in [0, 0.05) is 12.6 Å². The molecule has 0 saturated carbocycles. The predicted octanol–water partition coefficient (Wildman–Crippen LogP) is 3.42. The Bertz CT molecular complexity index is 623. The zero-order valence-electron chi connectivity index (χ0n) is 12.6. The summed E-state index contributed by atoms with van der Waals surface area (Å²) >= 11 is 1.59. The third-order valence-electron chi connectivity index (χ3n) is 4.46. The highest BCUT2D eigenvalue weighted by molar-refractivity contribution is 7.16. The highest BCUT2D eigenvalue weighted by Gasteiger charge is 2.34. The maximum absolute atomic E-state index is 6.03. The largest absolute Gasteiger partial charge is 0.375 e. The van der Waals surface area contributed by atoms with Crippen molar-refractivity contribution in [3.05, 3.63) is 11.4 Å². The number of nitrogens with zero attached hydrogens (tertiary/aromatic N) is 2. The number of nitrogen functional groups attached to an aromatic ring is 1. The van der Waals surface area contributed by atoms with Crippen LogP contribution in [0.15, 0.2) is 11.4 Å². The number of anilines is 2. The first-order chi connectivity index (χ1) is 10.2. The van der Waals surface area contributed by atoms with Gasteiger partial charge in [0.25, 0.3) is 0 Å². The molecule has 3 heterocycles. The fourth-order valence-electron chi connectivity index (χ4n) is 3.07. The lowest BCUT2D eigenvalue weighted by molar-refractivity contribution is -0.0864. The lowest BCUT2D eigenvalue weighted by Gasteiger charge is -2.40. The molecule has 114 valence electrons. The molecule has 0 aromatic carbocycles. The summed E-state index contributed by atoms with van der Waals surface area (Å²) in [7, 11) is 0. The minimum Gasteiger partial charge on any atom is -0.375 e. The van der Waals surface area contributed by atoms with E-state index in [0.29, 0.717) is 12.0 Å². The van der Waals surface area contributed by atoms with Crippen LogP contribution in [0.1, 0.15) is 39.5 Å². The number of fused-ring (bicyclic) bond motifs is 1. The van der Waals surface area contributed by atoms with Gasteiger partial charge in [-0.3, -0.25) is 0 Å². The summed E-state index contributed by atoms with van der Waals surface area (Å²) in [6.45, 7) is 5.20. The van der Waals surface area contributed by atoms with E-state index in [2.05, 4.69) is 29.1 Å². The van der Waals surface area contributed by atoms with Gasteiger partial charge in [-0.25, -0.2) is 4.98 Å². The first-order valence-electron chi connectivity index (χ1n) is 7.57. The number of ether oxygens (including phenoxy) is 1. The van der Waals surface area contributed by atoms with Crippen molar-refractivity contribution in [1.82, 2.24) is 9.97 Å². The summed E-state index contributed by atoms with van der Waals surface area (Å²) in [4.78, 5) is 9.60. The normalized spacial score (nSPS) is 21.5. The minimum absolute atomic E-state index is 0.00224. The number of aromatic nitrogens is 2. The quantitative estimate of drug-likeness (QED) is 0.905. The van der Waals surface area contributed by atoms with Gasteiger partial charge in [-0.15, -0.1) is 11.3 Å². The second-order valence-electron chi connectivity index (χ2n) is 5.64. The summed E-state index contributed by atoms with van der Waals surface area (Å²) in [6, 6.07) is 2.42. The molecule has 21 heavy (non-hydrogen) atoms. The van der Waals surface area contributed by atoms with Crippen molar-refractivity contribution >= 4 is 33.3 Å². The minimum atomic E-state index is 0.00224. The van der Waals surface area contributed by atoms with Gasteiger partial charge in [0.15, 0.2) is 0 Å². The van der Waals surface area contributed by atoms with Crippen LogP contribution in [0.25, 0.3) is 10.2 Å². The van der Waals surface area contributed by atoms with Crippen molar-refractivity contribution in [2.75, 3.05) is 17.7 Å². The average molecular weight is 306 g/mol. The fraction of sp³-hybridized carbons (Fsp3) is 0.600. The van der Waals surface area contributed by atoms with Gasteiger partial charge >= 0.3 is 0 Å². The molecular weight excluding hydrogens is 284 g/mol. The molecule has 0 amide bonds. The van der Waals surface area contributed by atoms with Crippen LogP contribution in [0.4, 0.5) is 11.8 Å². The van der Waals surface area contributed by atoms with E-state index in [1.165, 1.54) is 0 Å². The number of thiophene rings is 1.